The Hall–Kier alpha value is -2.53. The predicted molar refractivity (Wildman–Crippen MR) is 127 cm³/mol. The SMILES string of the molecule is CCCOc1ccc2c(c1)C(c1ccc(O)cc1)c1c-2ccc2cc(I)ccc12. The van der Waals surface area contributed by atoms with Crippen molar-refractivity contribution in [3.63, 3.8) is 0 Å². The van der Waals surface area contributed by atoms with Gasteiger partial charge < -0.3 is 9.84 Å². The van der Waals surface area contributed by atoms with E-state index in [9.17, 15) is 5.11 Å². The minimum atomic E-state index is 0.120. The van der Waals surface area contributed by atoms with Gasteiger partial charge in [-0.3, -0.25) is 0 Å². The van der Waals surface area contributed by atoms with Crippen molar-refractivity contribution in [2.45, 2.75) is 19.3 Å². The fourth-order valence-corrected chi connectivity index (χ4v) is 4.89. The molecular weight excluding hydrogens is 471 g/mol. The van der Waals surface area contributed by atoms with E-state index < -0.39 is 0 Å². The Morgan fingerprint density at radius 3 is 2.48 bits per heavy atom. The fraction of sp³-hybridized carbons (Fsp3) is 0.154. The van der Waals surface area contributed by atoms with Gasteiger partial charge >= 0.3 is 0 Å². The van der Waals surface area contributed by atoms with Gasteiger partial charge in [0.1, 0.15) is 11.5 Å². The van der Waals surface area contributed by atoms with Crippen molar-refractivity contribution < 1.29 is 9.84 Å². The van der Waals surface area contributed by atoms with Crippen molar-refractivity contribution in [3.8, 4) is 22.6 Å². The highest BCUT2D eigenvalue weighted by atomic mass is 127. The Labute approximate surface area is 184 Å². The summed E-state index contributed by atoms with van der Waals surface area (Å²) < 4.78 is 7.18. The normalized spacial score (nSPS) is 14.6. The van der Waals surface area contributed by atoms with E-state index in [0.29, 0.717) is 5.75 Å². The van der Waals surface area contributed by atoms with Gasteiger partial charge in [0.2, 0.25) is 0 Å². The predicted octanol–water partition coefficient (Wildman–Crippen LogP) is 7.10. The van der Waals surface area contributed by atoms with E-state index >= 15 is 0 Å². The summed E-state index contributed by atoms with van der Waals surface area (Å²) in [7, 11) is 0. The maximum absolute atomic E-state index is 9.81. The highest BCUT2D eigenvalue weighted by Gasteiger charge is 2.32. The van der Waals surface area contributed by atoms with Crippen molar-refractivity contribution in [2.24, 2.45) is 0 Å². The molecule has 2 nitrogen and oxygen atoms in total. The lowest BCUT2D eigenvalue weighted by molar-refractivity contribution is 0.317. The average molecular weight is 492 g/mol. The van der Waals surface area contributed by atoms with E-state index in [4.69, 9.17) is 4.74 Å². The Morgan fingerprint density at radius 2 is 1.69 bits per heavy atom. The van der Waals surface area contributed by atoms with Gasteiger partial charge in [0.25, 0.3) is 0 Å². The second-order valence-electron chi connectivity index (χ2n) is 7.51. The quantitative estimate of drug-likeness (QED) is 0.271. The van der Waals surface area contributed by atoms with Crippen LogP contribution in [0.3, 0.4) is 0 Å². The molecular formula is C26H21IO2. The largest absolute Gasteiger partial charge is 0.508 e. The molecule has 3 heteroatoms. The summed E-state index contributed by atoms with van der Waals surface area (Å²) in [6, 6.07) is 25.2. The van der Waals surface area contributed by atoms with Crippen LogP contribution in [0, 0.1) is 3.57 Å². The highest BCUT2D eigenvalue weighted by Crippen LogP contribution is 2.51. The van der Waals surface area contributed by atoms with E-state index in [-0.39, 0.29) is 5.92 Å². The molecule has 1 aliphatic carbocycles. The first-order chi connectivity index (χ1) is 14.2. The van der Waals surface area contributed by atoms with Crippen molar-refractivity contribution in [3.05, 3.63) is 93.1 Å². The van der Waals surface area contributed by atoms with Gasteiger partial charge in [-0.05, 0) is 104 Å². The molecule has 1 aliphatic rings. The van der Waals surface area contributed by atoms with Gasteiger partial charge in [0.15, 0.2) is 0 Å². The molecule has 1 unspecified atom stereocenters. The zero-order valence-electron chi connectivity index (χ0n) is 16.2. The van der Waals surface area contributed by atoms with Gasteiger partial charge in [-0.15, -0.1) is 0 Å². The zero-order valence-corrected chi connectivity index (χ0v) is 18.3. The van der Waals surface area contributed by atoms with E-state index in [0.717, 1.165) is 18.8 Å². The Balaban J connectivity index is 1.77. The van der Waals surface area contributed by atoms with Gasteiger partial charge in [0, 0.05) is 9.49 Å². The van der Waals surface area contributed by atoms with Crippen LogP contribution in [-0.4, -0.2) is 11.7 Å². The second kappa shape index (κ2) is 7.38. The Bertz CT molecular complexity index is 1210. The van der Waals surface area contributed by atoms with E-state index in [1.54, 1.807) is 12.1 Å². The van der Waals surface area contributed by atoms with E-state index in [1.807, 2.05) is 12.1 Å². The molecule has 0 saturated carbocycles. The summed E-state index contributed by atoms with van der Waals surface area (Å²) in [5.41, 5.74) is 6.34. The number of rotatable bonds is 4. The number of benzene rings is 4. The zero-order chi connectivity index (χ0) is 20.0. The number of ether oxygens (including phenoxy) is 1. The molecule has 144 valence electrons. The van der Waals surface area contributed by atoms with Crippen molar-refractivity contribution >= 4 is 33.4 Å². The molecule has 0 saturated heterocycles. The lowest BCUT2D eigenvalue weighted by Crippen LogP contribution is -2.01. The third-order valence-corrected chi connectivity index (χ3v) is 6.31. The molecule has 0 bridgehead atoms. The monoisotopic (exact) mass is 492 g/mol. The number of halogens is 1. The number of hydrogen-bond acceptors (Lipinski definition) is 2. The molecule has 4 aromatic carbocycles. The van der Waals surface area contributed by atoms with Gasteiger partial charge in [-0.25, -0.2) is 0 Å². The molecule has 0 spiro atoms. The average Bonchev–Trinajstić information content (AvgIpc) is 3.06. The Morgan fingerprint density at radius 1 is 0.897 bits per heavy atom. The van der Waals surface area contributed by atoms with Crippen LogP contribution in [0.5, 0.6) is 11.5 Å². The van der Waals surface area contributed by atoms with Gasteiger partial charge in [0.05, 0.1) is 6.61 Å². The van der Waals surface area contributed by atoms with Gasteiger partial charge in [-0.2, -0.15) is 0 Å². The highest BCUT2D eigenvalue weighted by molar-refractivity contribution is 14.1. The molecule has 1 atom stereocenters. The first-order valence-electron chi connectivity index (χ1n) is 9.94. The van der Waals surface area contributed by atoms with Crippen LogP contribution >= 0.6 is 22.6 Å². The van der Waals surface area contributed by atoms with Gasteiger partial charge in [-0.1, -0.05) is 43.3 Å². The topological polar surface area (TPSA) is 29.5 Å². The van der Waals surface area contributed by atoms with Crippen LogP contribution < -0.4 is 4.74 Å². The van der Waals surface area contributed by atoms with Crippen LogP contribution in [0.15, 0.2) is 72.8 Å². The summed E-state index contributed by atoms with van der Waals surface area (Å²) in [6.45, 7) is 2.84. The molecule has 0 aromatic heterocycles. The molecule has 4 aromatic rings. The minimum Gasteiger partial charge on any atom is -0.508 e. The summed E-state index contributed by atoms with van der Waals surface area (Å²) in [5, 5.41) is 12.4. The van der Waals surface area contributed by atoms with Crippen LogP contribution in [0.25, 0.3) is 21.9 Å². The molecule has 5 rings (SSSR count). The lowest BCUT2D eigenvalue weighted by atomic mass is 9.86. The molecule has 0 aliphatic heterocycles. The summed E-state index contributed by atoms with van der Waals surface area (Å²) in [6.07, 6.45) is 0.988. The summed E-state index contributed by atoms with van der Waals surface area (Å²) in [4.78, 5) is 0. The smallest absolute Gasteiger partial charge is 0.119 e. The summed E-state index contributed by atoms with van der Waals surface area (Å²) in [5.74, 6) is 1.33. The second-order valence-corrected chi connectivity index (χ2v) is 8.76. The van der Waals surface area contributed by atoms with E-state index in [1.165, 1.54) is 42.2 Å². The lowest BCUT2D eigenvalue weighted by Gasteiger charge is -2.17. The van der Waals surface area contributed by atoms with E-state index in [2.05, 4.69) is 78.0 Å². The number of phenols is 1. The van der Waals surface area contributed by atoms with Crippen molar-refractivity contribution in [1.82, 2.24) is 0 Å². The van der Waals surface area contributed by atoms with Crippen LogP contribution in [0.1, 0.15) is 36.0 Å². The first-order valence-corrected chi connectivity index (χ1v) is 11.0. The molecule has 1 N–H and O–H groups in total. The maximum Gasteiger partial charge on any atom is 0.119 e. The van der Waals surface area contributed by atoms with Crippen molar-refractivity contribution in [1.29, 1.82) is 0 Å². The third kappa shape index (κ3) is 3.18. The molecule has 0 heterocycles. The minimum absolute atomic E-state index is 0.120. The number of hydrogen-bond donors (Lipinski definition) is 1. The first kappa shape index (κ1) is 18.5. The molecule has 0 amide bonds. The third-order valence-electron chi connectivity index (χ3n) is 5.64. The number of phenolic OH excluding ortho intramolecular Hbond substituents is 1. The van der Waals surface area contributed by atoms with Crippen LogP contribution in [-0.2, 0) is 0 Å². The van der Waals surface area contributed by atoms with Crippen LogP contribution in [0.4, 0.5) is 0 Å². The van der Waals surface area contributed by atoms with Crippen molar-refractivity contribution in [2.75, 3.05) is 6.61 Å². The summed E-state index contributed by atoms with van der Waals surface area (Å²) >= 11 is 2.37. The fourth-order valence-electron chi connectivity index (χ4n) is 4.37. The Kier molecular flexibility index (Phi) is 4.70. The molecule has 0 fully saturated rings. The number of aromatic hydroxyl groups is 1. The maximum atomic E-state index is 9.81. The standard InChI is InChI=1S/C26H21IO2/c1-2-13-29-20-9-12-22-23-10-5-17-14-18(27)6-11-21(17)26(23)25(24(22)15-20)16-3-7-19(28)8-4-16/h3-12,14-15,25,28H,2,13H2,1H3. The number of fused-ring (bicyclic) bond motifs is 5. The molecule has 0 radical (unpaired) electrons. The molecule has 29 heavy (non-hydrogen) atoms. The van der Waals surface area contributed by atoms with Crippen LogP contribution in [0.2, 0.25) is 0 Å².